The number of aliphatic carboxylic acids is 1. The summed E-state index contributed by atoms with van der Waals surface area (Å²) in [5.74, 6) is -5.39. The number of amides is 2. The van der Waals surface area contributed by atoms with Gasteiger partial charge >= 0.3 is 29.6 Å². The molecule has 1 saturated carbocycles. The molecule has 1 unspecified atom stereocenters. The Kier molecular flexibility index (Phi) is 8.27. The molecule has 14 heteroatoms. The average molecular weight is 594 g/mol. The third-order valence-corrected chi connectivity index (χ3v) is 8.78. The number of halogens is 2. The molecule has 1 aromatic heterocycles. The monoisotopic (exact) mass is 593 g/mol. The van der Waals surface area contributed by atoms with Crippen molar-refractivity contribution in [1.82, 2.24) is 14.8 Å². The van der Waals surface area contributed by atoms with Gasteiger partial charge in [-0.3, -0.25) is 14.4 Å². The molecule has 4 aliphatic rings. The van der Waals surface area contributed by atoms with E-state index in [9.17, 15) is 29.4 Å². The number of nitrogens with one attached hydrogen (secondary N) is 1. The zero-order valence-corrected chi connectivity index (χ0v) is 25.4. The van der Waals surface area contributed by atoms with Crippen molar-refractivity contribution < 1.29 is 62.9 Å². The van der Waals surface area contributed by atoms with E-state index in [2.05, 4.69) is 5.32 Å². The molecule has 4 N–H and O–H groups in total. The molecule has 2 amide bonds. The number of rotatable bonds is 8. The summed E-state index contributed by atoms with van der Waals surface area (Å²) < 4.78 is 32.8. The molecule has 0 radical (unpaired) electrons. The van der Waals surface area contributed by atoms with Crippen LogP contribution in [0.25, 0.3) is 10.9 Å². The number of nitrogens with two attached hydrogens (primary N) is 1. The maximum absolute atomic E-state index is 16.0. The van der Waals surface area contributed by atoms with Gasteiger partial charge in [-0.25, -0.2) is 8.78 Å². The molecular weight excluding hydrogens is 563 g/mol. The summed E-state index contributed by atoms with van der Waals surface area (Å²) >= 11 is 0. The quantitative estimate of drug-likeness (QED) is 0.213. The fraction of sp³-hybridized carbons (Fsp3) is 0.500. The minimum absolute atomic E-state index is 0. The van der Waals surface area contributed by atoms with Gasteiger partial charge in [0, 0.05) is 31.9 Å². The van der Waals surface area contributed by atoms with Crippen LogP contribution in [0.4, 0.5) is 14.5 Å². The number of carbonyl (C=O) groups is 3. The summed E-state index contributed by atoms with van der Waals surface area (Å²) in [7, 11) is 0. The SMILES string of the molecule is C[C@@H](O)[C@@H]1C(=O)N2C(C(=O)[O-])=C(CNC(=O)c3cn(C4CC4)c4c(F)c(N5CCC(CN)C5)c(F)cc4c3=O)C[C@H]12.[Na+]. The number of benzene rings is 1. The van der Waals surface area contributed by atoms with Crippen molar-refractivity contribution in [2.45, 2.75) is 50.8 Å². The minimum atomic E-state index is -1.59. The number of aliphatic hydroxyl groups is 1. The summed E-state index contributed by atoms with van der Waals surface area (Å²) in [5.41, 5.74) is 4.13. The van der Waals surface area contributed by atoms with Gasteiger partial charge in [-0.2, -0.15) is 0 Å². The van der Waals surface area contributed by atoms with Crippen LogP contribution in [0.3, 0.4) is 0 Å². The smallest absolute Gasteiger partial charge is 0.543 e. The zero-order valence-electron chi connectivity index (χ0n) is 23.4. The van der Waals surface area contributed by atoms with Crippen molar-refractivity contribution in [2.75, 3.05) is 31.1 Å². The van der Waals surface area contributed by atoms with Crippen LogP contribution in [0.15, 0.2) is 28.3 Å². The van der Waals surface area contributed by atoms with E-state index < -0.39 is 52.9 Å². The topological polar surface area (TPSA) is 161 Å². The predicted molar refractivity (Wildman–Crippen MR) is 141 cm³/mol. The molecule has 4 heterocycles. The molecule has 2 aromatic rings. The van der Waals surface area contributed by atoms with Crippen LogP contribution in [-0.2, 0) is 9.59 Å². The van der Waals surface area contributed by atoms with E-state index in [1.165, 1.54) is 17.7 Å². The number of carboxylic acids is 1. The Morgan fingerprint density at radius 1 is 1.24 bits per heavy atom. The van der Waals surface area contributed by atoms with Crippen molar-refractivity contribution in [3.63, 3.8) is 0 Å². The number of anilines is 1. The Labute approximate surface area is 261 Å². The maximum Gasteiger partial charge on any atom is 1.00 e. The molecule has 42 heavy (non-hydrogen) atoms. The number of hydrogen-bond donors (Lipinski definition) is 3. The molecule has 6 rings (SSSR count). The Morgan fingerprint density at radius 2 is 1.95 bits per heavy atom. The zero-order chi connectivity index (χ0) is 29.3. The normalized spacial score (nSPS) is 24.0. The van der Waals surface area contributed by atoms with Crippen molar-refractivity contribution in [1.29, 1.82) is 0 Å². The number of carboxylic acid groups (broad SMARTS) is 1. The Bertz CT molecular complexity index is 1590. The first-order chi connectivity index (χ1) is 19.5. The number of carbonyl (C=O) groups excluding carboxylic acids is 3. The van der Waals surface area contributed by atoms with Crippen molar-refractivity contribution >= 4 is 34.4 Å². The van der Waals surface area contributed by atoms with E-state index in [0.29, 0.717) is 38.9 Å². The third kappa shape index (κ3) is 4.84. The number of nitrogens with zero attached hydrogens (tertiary/aromatic N) is 3. The average Bonchev–Trinajstić information content (AvgIpc) is 3.56. The molecule has 4 atom stereocenters. The molecule has 1 aliphatic carbocycles. The molecule has 1 aromatic carbocycles. The Balaban J connectivity index is 0.00000353. The van der Waals surface area contributed by atoms with Crippen LogP contribution >= 0.6 is 0 Å². The molecule has 11 nitrogen and oxygen atoms in total. The van der Waals surface area contributed by atoms with Crippen LogP contribution in [-0.4, -0.2) is 70.7 Å². The predicted octanol–water partition coefficient (Wildman–Crippen LogP) is -3.25. The van der Waals surface area contributed by atoms with Gasteiger partial charge in [-0.05, 0) is 56.7 Å². The second kappa shape index (κ2) is 11.3. The van der Waals surface area contributed by atoms with Gasteiger partial charge in [-0.1, -0.05) is 0 Å². The van der Waals surface area contributed by atoms with Crippen molar-refractivity contribution in [3.8, 4) is 0 Å². The van der Waals surface area contributed by atoms with E-state index in [-0.39, 0.29) is 87.9 Å². The number of pyridine rings is 1. The van der Waals surface area contributed by atoms with Gasteiger partial charge in [0.05, 0.1) is 40.6 Å². The van der Waals surface area contributed by atoms with Gasteiger partial charge < -0.3 is 40.4 Å². The molecule has 0 spiro atoms. The third-order valence-electron chi connectivity index (χ3n) is 8.78. The second-order valence-corrected chi connectivity index (χ2v) is 11.4. The van der Waals surface area contributed by atoms with E-state index >= 15 is 8.78 Å². The number of β-lactam (4-membered cyclic amide) rings is 1. The Hall–Kier alpha value is -2.84. The van der Waals surface area contributed by atoms with Crippen LogP contribution in [0.2, 0.25) is 0 Å². The van der Waals surface area contributed by atoms with Gasteiger partial charge in [0.25, 0.3) is 5.91 Å². The number of aromatic nitrogens is 1. The summed E-state index contributed by atoms with van der Waals surface area (Å²) in [4.78, 5) is 53.5. The Morgan fingerprint density at radius 3 is 2.55 bits per heavy atom. The van der Waals surface area contributed by atoms with Crippen molar-refractivity contribution in [3.05, 3.63) is 51.0 Å². The number of hydrogen-bond acceptors (Lipinski definition) is 8. The van der Waals surface area contributed by atoms with Gasteiger partial charge in [0.15, 0.2) is 5.82 Å². The first kappa shape index (κ1) is 30.6. The summed E-state index contributed by atoms with van der Waals surface area (Å²) in [6.45, 7) is 2.38. The van der Waals surface area contributed by atoms with Crippen LogP contribution < -0.4 is 56.0 Å². The van der Waals surface area contributed by atoms with Gasteiger partial charge in [0.2, 0.25) is 11.3 Å². The molecule has 218 valence electrons. The van der Waals surface area contributed by atoms with Crippen LogP contribution in [0, 0.1) is 23.5 Å². The first-order valence-electron chi connectivity index (χ1n) is 13.8. The number of fused-ring (bicyclic) bond motifs is 2. The largest absolute Gasteiger partial charge is 1.00 e. The van der Waals surface area contributed by atoms with Crippen molar-refractivity contribution in [2.24, 2.45) is 17.6 Å². The van der Waals surface area contributed by atoms with Gasteiger partial charge in [0.1, 0.15) is 17.1 Å². The summed E-state index contributed by atoms with van der Waals surface area (Å²) in [5, 5.41) is 24.0. The first-order valence-corrected chi connectivity index (χ1v) is 13.8. The molecule has 0 bridgehead atoms. The molecular formula is C28H30F2N5NaO6. The fourth-order valence-corrected chi connectivity index (χ4v) is 6.54. The standard InChI is InChI=1S/C28H31F2N5O6.Na/c1-12(36)20-19-6-14(22(28(40)41)35(19)27(20)39)9-32-26(38)17-11-34(15-2-3-15)23-16(25(17)37)7-18(29)24(21(23)30)33-5-4-13(8-31)10-33;/h7,11-13,15,19-20,36H,2-6,8-10,31H2,1H3,(H,32,38)(H,40,41);/q;+1/p-1/t12-,13?,19-,20+;/m1./s1. The van der Waals surface area contributed by atoms with E-state index in [4.69, 9.17) is 5.73 Å². The molecule has 3 fully saturated rings. The molecule has 3 aliphatic heterocycles. The van der Waals surface area contributed by atoms with E-state index in [0.717, 1.165) is 11.0 Å². The van der Waals surface area contributed by atoms with Gasteiger partial charge in [-0.15, -0.1) is 0 Å². The minimum Gasteiger partial charge on any atom is -0.543 e. The molecule has 2 saturated heterocycles. The second-order valence-electron chi connectivity index (χ2n) is 11.4. The summed E-state index contributed by atoms with van der Waals surface area (Å²) in [6, 6.07) is 0.245. The van der Waals surface area contributed by atoms with E-state index in [1.54, 1.807) is 4.90 Å². The summed E-state index contributed by atoms with van der Waals surface area (Å²) in [6.07, 6.45) is 2.49. The fourth-order valence-electron chi connectivity index (χ4n) is 6.54. The van der Waals surface area contributed by atoms with Crippen LogP contribution in [0.1, 0.15) is 49.0 Å². The van der Waals surface area contributed by atoms with Crippen LogP contribution in [0.5, 0.6) is 0 Å². The maximum atomic E-state index is 16.0. The number of aliphatic hydroxyl groups excluding tert-OH is 1. The van der Waals surface area contributed by atoms with E-state index in [1.807, 2.05) is 0 Å².